The lowest BCUT2D eigenvalue weighted by molar-refractivity contribution is 0.309. The van der Waals surface area contributed by atoms with Crippen molar-refractivity contribution in [3.63, 3.8) is 0 Å². The fourth-order valence-corrected chi connectivity index (χ4v) is 1.59. The van der Waals surface area contributed by atoms with Crippen LogP contribution in [0.2, 0.25) is 0 Å². The SMILES string of the molecule is CO.c1ccc(COc2ccc3cc2-3)cc1. The van der Waals surface area contributed by atoms with Crippen LogP contribution < -0.4 is 4.74 Å². The van der Waals surface area contributed by atoms with E-state index in [4.69, 9.17) is 9.84 Å². The van der Waals surface area contributed by atoms with Crippen LogP contribution in [0.25, 0.3) is 11.1 Å². The molecule has 2 aliphatic rings. The lowest BCUT2D eigenvalue weighted by Crippen LogP contribution is -1.93. The molecule has 1 N–H and O–H groups in total. The normalized spacial score (nSPS) is 10.1. The second kappa shape index (κ2) is 4.81. The number of rotatable bonds is 3. The van der Waals surface area contributed by atoms with E-state index < -0.39 is 0 Å². The summed E-state index contributed by atoms with van der Waals surface area (Å²) in [4.78, 5) is 0. The van der Waals surface area contributed by atoms with Crippen LogP contribution in [-0.2, 0) is 6.61 Å². The topological polar surface area (TPSA) is 29.5 Å². The molecule has 1 aromatic rings. The van der Waals surface area contributed by atoms with Gasteiger partial charge in [0.15, 0.2) is 0 Å². The van der Waals surface area contributed by atoms with E-state index in [2.05, 4.69) is 24.3 Å². The minimum atomic E-state index is 0.658. The number of aliphatic hydroxyl groups is 1. The monoisotopic (exact) mass is 214 g/mol. The van der Waals surface area contributed by atoms with Gasteiger partial charge >= 0.3 is 0 Å². The predicted molar refractivity (Wildman–Crippen MR) is 64.4 cm³/mol. The van der Waals surface area contributed by atoms with E-state index in [0.29, 0.717) is 6.61 Å². The quantitative estimate of drug-likeness (QED) is 0.726. The maximum atomic E-state index is 7.00. The van der Waals surface area contributed by atoms with Gasteiger partial charge in [-0.25, -0.2) is 0 Å². The van der Waals surface area contributed by atoms with Gasteiger partial charge < -0.3 is 9.84 Å². The first-order valence-electron chi connectivity index (χ1n) is 5.19. The molecule has 0 bridgehead atoms. The third kappa shape index (κ3) is 2.23. The summed E-state index contributed by atoms with van der Waals surface area (Å²) in [5.74, 6) is 1.02. The molecule has 0 spiro atoms. The maximum absolute atomic E-state index is 7.00. The van der Waals surface area contributed by atoms with E-state index in [0.717, 1.165) is 12.9 Å². The molecule has 0 unspecified atom stereocenters. The van der Waals surface area contributed by atoms with Gasteiger partial charge in [0.2, 0.25) is 0 Å². The van der Waals surface area contributed by atoms with Gasteiger partial charge in [0.1, 0.15) is 12.4 Å². The summed E-state index contributed by atoms with van der Waals surface area (Å²) in [6.45, 7) is 0.658. The van der Waals surface area contributed by atoms with Gasteiger partial charge in [-0.05, 0) is 23.3 Å². The Morgan fingerprint density at radius 2 is 1.75 bits per heavy atom. The number of fused-ring (bicyclic) bond motifs is 1. The van der Waals surface area contributed by atoms with Crippen molar-refractivity contribution in [2.75, 3.05) is 7.11 Å². The highest BCUT2D eigenvalue weighted by Gasteiger charge is 2.17. The van der Waals surface area contributed by atoms with Crippen molar-refractivity contribution in [2.24, 2.45) is 0 Å². The summed E-state index contributed by atoms with van der Waals surface area (Å²) in [5, 5.41) is 7.00. The third-order valence-corrected chi connectivity index (χ3v) is 2.44. The van der Waals surface area contributed by atoms with Gasteiger partial charge in [-0.15, -0.1) is 0 Å². The van der Waals surface area contributed by atoms with Crippen LogP contribution in [0, 0.1) is 0 Å². The largest absolute Gasteiger partial charge is 0.488 e. The van der Waals surface area contributed by atoms with Gasteiger partial charge in [-0.3, -0.25) is 0 Å². The van der Waals surface area contributed by atoms with Crippen LogP contribution in [0.1, 0.15) is 5.56 Å². The molecule has 2 nitrogen and oxygen atoms in total. The summed E-state index contributed by atoms with van der Waals surface area (Å²) in [7, 11) is 1.00. The lowest BCUT2D eigenvalue weighted by atomic mass is 10.2. The van der Waals surface area contributed by atoms with E-state index >= 15 is 0 Å². The van der Waals surface area contributed by atoms with Crippen molar-refractivity contribution in [3.8, 4) is 16.9 Å². The smallest absolute Gasteiger partial charge is 0.127 e. The van der Waals surface area contributed by atoms with E-state index in [1.807, 2.05) is 24.3 Å². The Labute approximate surface area is 95.1 Å². The van der Waals surface area contributed by atoms with Crippen LogP contribution in [-0.4, -0.2) is 12.2 Å². The Morgan fingerprint density at radius 3 is 2.31 bits per heavy atom. The van der Waals surface area contributed by atoms with Crippen molar-refractivity contribution in [2.45, 2.75) is 6.61 Å². The highest BCUT2D eigenvalue weighted by Crippen LogP contribution is 2.43. The highest BCUT2D eigenvalue weighted by molar-refractivity contribution is 5.87. The van der Waals surface area contributed by atoms with Gasteiger partial charge in [-0.2, -0.15) is 0 Å². The molecule has 0 heterocycles. The molecule has 1 aromatic carbocycles. The summed E-state index contributed by atoms with van der Waals surface area (Å²) in [6, 6.07) is 16.5. The summed E-state index contributed by atoms with van der Waals surface area (Å²) in [5.41, 5.74) is 3.82. The Balaban J connectivity index is 0.000000457. The number of hydrogen-bond acceptors (Lipinski definition) is 2. The third-order valence-electron chi connectivity index (χ3n) is 2.44. The van der Waals surface area contributed by atoms with Crippen molar-refractivity contribution in [3.05, 3.63) is 54.1 Å². The molecule has 82 valence electrons. The standard InChI is InChI=1S/C13H10O.CH4O/c1-2-4-10(5-3-1)9-14-13-7-6-11-8-12(11)13;1-2/h1-8H,9H2;2H,1H3. The van der Waals surface area contributed by atoms with Gasteiger partial charge in [0.05, 0.1) is 0 Å². The number of hydrogen-bond donors (Lipinski definition) is 1. The second-order valence-corrected chi connectivity index (χ2v) is 3.49. The van der Waals surface area contributed by atoms with E-state index in [-0.39, 0.29) is 0 Å². The van der Waals surface area contributed by atoms with E-state index in [1.54, 1.807) is 0 Å². The molecule has 0 atom stereocenters. The van der Waals surface area contributed by atoms with Crippen molar-refractivity contribution in [1.29, 1.82) is 0 Å². The molecular formula is C14H14O2. The lowest BCUT2D eigenvalue weighted by Gasteiger charge is -2.03. The highest BCUT2D eigenvalue weighted by atomic mass is 16.5. The van der Waals surface area contributed by atoms with E-state index in [1.165, 1.54) is 16.7 Å². The maximum Gasteiger partial charge on any atom is 0.127 e. The summed E-state index contributed by atoms with van der Waals surface area (Å²) in [6.07, 6.45) is 0. The van der Waals surface area contributed by atoms with E-state index in [9.17, 15) is 0 Å². The Morgan fingerprint density at radius 1 is 1.00 bits per heavy atom. The zero-order chi connectivity index (χ0) is 11.4. The second-order valence-electron chi connectivity index (χ2n) is 3.49. The molecule has 2 aliphatic carbocycles. The number of benzene rings is 2. The van der Waals surface area contributed by atoms with Crippen LogP contribution in [0.5, 0.6) is 5.75 Å². The number of aliphatic hydroxyl groups excluding tert-OH is 1. The average molecular weight is 214 g/mol. The Kier molecular flexibility index (Phi) is 3.22. The molecule has 16 heavy (non-hydrogen) atoms. The Bertz CT molecular complexity index is 463. The van der Waals surface area contributed by atoms with Crippen LogP contribution >= 0.6 is 0 Å². The van der Waals surface area contributed by atoms with Crippen molar-refractivity contribution in [1.82, 2.24) is 0 Å². The zero-order valence-electron chi connectivity index (χ0n) is 9.18. The molecule has 0 fully saturated rings. The summed E-state index contributed by atoms with van der Waals surface area (Å²) < 4.78 is 5.68. The molecule has 3 rings (SSSR count). The zero-order valence-corrected chi connectivity index (χ0v) is 9.18. The first-order valence-corrected chi connectivity index (χ1v) is 5.19. The minimum Gasteiger partial charge on any atom is -0.488 e. The van der Waals surface area contributed by atoms with Crippen LogP contribution in [0.4, 0.5) is 0 Å². The molecule has 0 amide bonds. The van der Waals surface area contributed by atoms with Gasteiger partial charge in [0.25, 0.3) is 0 Å². The molecule has 0 radical (unpaired) electrons. The Hall–Kier alpha value is -1.80. The molecule has 0 saturated carbocycles. The molecule has 2 heteroatoms. The first-order chi connectivity index (χ1) is 7.93. The molecule has 0 saturated heterocycles. The fourth-order valence-electron chi connectivity index (χ4n) is 1.59. The van der Waals surface area contributed by atoms with Crippen molar-refractivity contribution >= 4 is 0 Å². The first kappa shape index (κ1) is 10.7. The number of ether oxygens (including phenoxy) is 1. The van der Waals surface area contributed by atoms with Gasteiger partial charge in [0, 0.05) is 12.7 Å². The molecule has 0 aliphatic heterocycles. The van der Waals surface area contributed by atoms with Crippen LogP contribution in [0.15, 0.2) is 48.5 Å². The summed E-state index contributed by atoms with van der Waals surface area (Å²) >= 11 is 0. The fraction of sp³-hybridized carbons (Fsp3) is 0.143. The molecule has 0 aromatic heterocycles. The van der Waals surface area contributed by atoms with Crippen molar-refractivity contribution < 1.29 is 9.84 Å². The predicted octanol–water partition coefficient (Wildman–Crippen LogP) is 2.85. The van der Waals surface area contributed by atoms with Crippen LogP contribution in [0.3, 0.4) is 0 Å². The molecular weight excluding hydrogens is 200 g/mol. The minimum absolute atomic E-state index is 0.658. The average Bonchev–Trinajstić information content (AvgIpc) is 3.05. The van der Waals surface area contributed by atoms with Gasteiger partial charge in [-0.1, -0.05) is 36.4 Å².